The van der Waals surface area contributed by atoms with Crippen LogP contribution in [0.2, 0.25) is 0 Å². The van der Waals surface area contributed by atoms with Gasteiger partial charge in [-0.1, -0.05) is 25.7 Å². The highest BCUT2D eigenvalue weighted by molar-refractivity contribution is 4.89. The molecule has 1 unspecified atom stereocenters. The molecule has 1 aliphatic rings. The minimum absolute atomic E-state index is 0.665. The summed E-state index contributed by atoms with van der Waals surface area (Å²) in [5, 5.41) is 3.35. The van der Waals surface area contributed by atoms with Crippen LogP contribution in [0.4, 0.5) is 0 Å². The van der Waals surface area contributed by atoms with E-state index in [4.69, 9.17) is 6.42 Å². The fraction of sp³-hybridized carbons (Fsp3) is 0.800. The molecule has 1 atom stereocenters. The molecule has 0 saturated heterocycles. The number of hydrogen-bond donors (Lipinski definition) is 1. The first-order chi connectivity index (χ1) is 5.36. The summed E-state index contributed by atoms with van der Waals surface area (Å²) in [5.74, 6) is 3.62. The van der Waals surface area contributed by atoms with Gasteiger partial charge in [-0.05, 0) is 18.8 Å². The van der Waals surface area contributed by atoms with Crippen LogP contribution in [0.15, 0.2) is 0 Å². The molecular weight excluding hydrogens is 134 g/mol. The van der Waals surface area contributed by atoms with Crippen molar-refractivity contribution in [2.75, 3.05) is 6.54 Å². The standard InChI is InChI=1S/C10H17N/c1-3-7-11-10(4-2)8-9-5-6-9/h1,9-11H,4-8H2,2H3. The lowest BCUT2D eigenvalue weighted by Crippen LogP contribution is -2.29. The summed E-state index contributed by atoms with van der Waals surface area (Å²) in [6.45, 7) is 2.95. The quantitative estimate of drug-likeness (QED) is 0.591. The van der Waals surface area contributed by atoms with Gasteiger partial charge in [-0.25, -0.2) is 0 Å². The van der Waals surface area contributed by atoms with Crippen molar-refractivity contribution in [2.45, 2.75) is 38.6 Å². The molecular formula is C10H17N. The molecule has 1 nitrogen and oxygen atoms in total. The Morgan fingerprint density at radius 3 is 2.82 bits per heavy atom. The van der Waals surface area contributed by atoms with Gasteiger partial charge in [0.05, 0.1) is 6.54 Å². The highest BCUT2D eigenvalue weighted by Gasteiger charge is 2.24. The Morgan fingerprint density at radius 1 is 1.64 bits per heavy atom. The lowest BCUT2D eigenvalue weighted by Gasteiger charge is -2.13. The SMILES string of the molecule is C#CCNC(CC)CC1CC1. The molecule has 1 saturated carbocycles. The van der Waals surface area contributed by atoms with Crippen LogP contribution in [-0.4, -0.2) is 12.6 Å². The van der Waals surface area contributed by atoms with E-state index in [1.807, 2.05) is 0 Å². The largest absolute Gasteiger partial charge is 0.303 e. The molecule has 0 aromatic carbocycles. The van der Waals surface area contributed by atoms with Crippen molar-refractivity contribution in [1.29, 1.82) is 0 Å². The first-order valence-electron chi connectivity index (χ1n) is 4.53. The zero-order valence-electron chi connectivity index (χ0n) is 7.27. The van der Waals surface area contributed by atoms with Crippen LogP contribution in [0.3, 0.4) is 0 Å². The third kappa shape index (κ3) is 3.43. The molecule has 0 radical (unpaired) electrons. The van der Waals surface area contributed by atoms with Gasteiger partial charge >= 0.3 is 0 Å². The van der Waals surface area contributed by atoms with E-state index in [1.165, 1.54) is 25.7 Å². The number of nitrogens with one attached hydrogen (secondary N) is 1. The highest BCUT2D eigenvalue weighted by Crippen LogP contribution is 2.33. The van der Waals surface area contributed by atoms with Crippen LogP contribution < -0.4 is 5.32 Å². The zero-order chi connectivity index (χ0) is 8.10. The van der Waals surface area contributed by atoms with E-state index in [0.29, 0.717) is 6.04 Å². The minimum Gasteiger partial charge on any atom is -0.303 e. The Labute approximate surface area is 69.6 Å². The topological polar surface area (TPSA) is 12.0 Å². The van der Waals surface area contributed by atoms with Crippen LogP contribution in [0.1, 0.15) is 32.6 Å². The fourth-order valence-corrected chi connectivity index (χ4v) is 1.35. The molecule has 1 heteroatoms. The van der Waals surface area contributed by atoms with Crippen LogP contribution in [-0.2, 0) is 0 Å². The summed E-state index contributed by atoms with van der Waals surface area (Å²) in [6, 6.07) is 0.665. The van der Waals surface area contributed by atoms with Gasteiger partial charge in [0.25, 0.3) is 0 Å². The fourth-order valence-electron chi connectivity index (χ4n) is 1.35. The summed E-state index contributed by atoms with van der Waals surface area (Å²) >= 11 is 0. The van der Waals surface area contributed by atoms with Crippen molar-refractivity contribution >= 4 is 0 Å². The maximum absolute atomic E-state index is 5.17. The Kier molecular flexibility index (Phi) is 3.45. The van der Waals surface area contributed by atoms with Crippen LogP contribution in [0, 0.1) is 18.3 Å². The van der Waals surface area contributed by atoms with E-state index in [2.05, 4.69) is 18.2 Å². The summed E-state index contributed by atoms with van der Waals surface area (Å²) in [7, 11) is 0. The second kappa shape index (κ2) is 4.41. The van der Waals surface area contributed by atoms with E-state index in [1.54, 1.807) is 0 Å². The summed E-state index contributed by atoms with van der Waals surface area (Å²) in [4.78, 5) is 0. The van der Waals surface area contributed by atoms with Crippen molar-refractivity contribution in [3.63, 3.8) is 0 Å². The summed E-state index contributed by atoms with van der Waals surface area (Å²) in [5.41, 5.74) is 0. The third-order valence-corrected chi connectivity index (χ3v) is 2.30. The van der Waals surface area contributed by atoms with Gasteiger partial charge in [0.15, 0.2) is 0 Å². The van der Waals surface area contributed by atoms with Gasteiger partial charge in [-0.2, -0.15) is 0 Å². The minimum atomic E-state index is 0.665. The van der Waals surface area contributed by atoms with Crippen LogP contribution in [0.25, 0.3) is 0 Å². The molecule has 1 N–H and O–H groups in total. The third-order valence-electron chi connectivity index (χ3n) is 2.30. The second-order valence-corrected chi connectivity index (χ2v) is 3.37. The van der Waals surface area contributed by atoms with Crippen molar-refractivity contribution in [3.8, 4) is 12.3 Å². The van der Waals surface area contributed by atoms with E-state index < -0.39 is 0 Å². The molecule has 11 heavy (non-hydrogen) atoms. The van der Waals surface area contributed by atoms with E-state index in [-0.39, 0.29) is 0 Å². The summed E-state index contributed by atoms with van der Waals surface area (Å²) < 4.78 is 0. The average molecular weight is 151 g/mol. The second-order valence-electron chi connectivity index (χ2n) is 3.37. The predicted molar refractivity (Wildman–Crippen MR) is 48.3 cm³/mol. The summed E-state index contributed by atoms with van der Waals surface area (Å²) in [6.07, 6.45) is 10.6. The maximum Gasteiger partial charge on any atom is 0.0575 e. The Morgan fingerprint density at radius 2 is 2.36 bits per heavy atom. The van der Waals surface area contributed by atoms with Crippen LogP contribution in [0.5, 0.6) is 0 Å². The zero-order valence-corrected chi connectivity index (χ0v) is 7.27. The Bertz CT molecular complexity index is 141. The Balaban J connectivity index is 2.08. The van der Waals surface area contributed by atoms with Gasteiger partial charge in [0, 0.05) is 6.04 Å². The van der Waals surface area contributed by atoms with Crippen molar-refractivity contribution in [1.82, 2.24) is 5.32 Å². The molecule has 0 heterocycles. The lowest BCUT2D eigenvalue weighted by molar-refractivity contribution is 0.468. The van der Waals surface area contributed by atoms with Gasteiger partial charge in [0.2, 0.25) is 0 Å². The molecule has 0 spiro atoms. The average Bonchev–Trinajstić information content (AvgIpc) is 2.81. The molecule has 0 aromatic rings. The lowest BCUT2D eigenvalue weighted by atomic mass is 10.1. The molecule has 1 fully saturated rings. The van der Waals surface area contributed by atoms with Crippen molar-refractivity contribution in [2.24, 2.45) is 5.92 Å². The van der Waals surface area contributed by atoms with E-state index >= 15 is 0 Å². The van der Waals surface area contributed by atoms with Crippen molar-refractivity contribution in [3.05, 3.63) is 0 Å². The first-order valence-corrected chi connectivity index (χ1v) is 4.53. The molecule has 1 aliphatic carbocycles. The van der Waals surface area contributed by atoms with Gasteiger partial charge < -0.3 is 5.32 Å². The predicted octanol–water partition coefficient (Wildman–Crippen LogP) is 1.79. The molecule has 0 bridgehead atoms. The first kappa shape index (κ1) is 8.62. The van der Waals surface area contributed by atoms with Gasteiger partial charge in [0.1, 0.15) is 0 Å². The molecule has 0 aromatic heterocycles. The number of rotatable bonds is 5. The van der Waals surface area contributed by atoms with Gasteiger partial charge in [-0.3, -0.25) is 0 Å². The number of terminal acetylenes is 1. The highest BCUT2D eigenvalue weighted by atomic mass is 14.9. The Hall–Kier alpha value is -0.480. The maximum atomic E-state index is 5.17. The van der Waals surface area contributed by atoms with Crippen LogP contribution >= 0.6 is 0 Å². The monoisotopic (exact) mass is 151 g/mol. The van der Waals surface area contributed by atoms with Crippen molar-refractivity contribution < 1.29 is 0 Å². The van der Waals surface area contributed by atoms with Gasteiger partial charge in [-0.15, -0.1) is 6.42 Å². The molecule has 0 amide bonds. The smallest absolute Gasteiger partial charge is 0.0575 e. The number of hydrogen-bond acceptors (Lipinski definition) is 1. The molecule has 62 valence electrons. The molecule has 1 rings (SSSR count). The molecule has 0 aliphatic heterocycles. The van der Waals surface area contributed by atoms with E-state index in [9.17, 15) is 0 Å². The normalized spacial score (nSPS) is 19.3. The van der Waals surface area contributed by atoms with E-state index in [0.717, 1.165) is 12.5 Å².